The van der Waals surface area contributed by atoms with Gasteiger partial charge >= 0.3 is 0 Å². The van der Waals surface area contributed by atoms with E-state index in [9.17, 15) is 4.79 Å². The van der Waals surface area contributed by atoms with Gasteiger partial charge in [-0.05, 0) is 18.4 Å². The van der Waals surface area contributed by atoms with Crippen LogP contribution in [-0.2, 0) is 11.3 Å². The molecular formula is C15H25N2O+. The van der Waals surface area contributed by atoms with Gasteiger partial charge < -0.3 is 10.2 Å². The first-order valence-electron chi connectivity index (χ1n) is 6.58. The molecule has 18 heavy (non-hydrogen) atoms. The Hall–Kier alpha value is -1.35. The summed E-state index contributed by atoms with van der Waals surface area (Å²) < 4.78 is 0. The molecule has 0 saturated carbocycles. The van der Waals surface area contributed by atoms with E-state index < -0.39 is 0 Å². The van der Waals surface area contributed by atoms with Crippen LogP contribution >= 0.6 is 0 Å². The Morgan fingerprint density at radius 1 is 1.22 bits per heavy atom. The van der Waals surface area contributed by atoms with Gasteiger partial charge in [-0.15, -0.1) is 0 Å². The van der Waals surface area contributed by atoms with Crippen LogP contribution in [-0.4, -0.2) is 26.0 Å². The van der Waals surface area contributed by atoms with Crippen LogP contribution in [0.3, 0.4) is 0 Å². The Bertz CT molecular complexity index is 384. The lowest BCUT2D eigenvalue weighted by Crippen LogP contribution is -3.12. The van der Waals surface area contributed by atoms with Crippen LogP contribution in [0.2, 0.25) is 0 Å². The van der Waals surface area contributed by atoms with E-state index >= 15 is 0 Å². The summed E-state index contributed by atoms with van der Waals surface area (Å²) >= 11 is 0. The highest BCUT2D eigenvalue weighted by atomic mass is 16.2. The normalized spacial score (nSPS) is 14.3. The van der Waals surface area contributed by atoms with Gasteiger partial charge in [0.15, 0.2) is 6.04 Å². The molecule has 0 aliphatic heterocycles. The lowest BCUT2D eigenvalue weighted by Gasteiger charge is -2.20. The summed E-state index contributed by atoms with van der Waals surface area (Å²) in [4.78, 5) is 12.8. The lowest BCUT2D eigenvalue weighted by molar-refractivity contribution is -0.908. The van der Waals surface area contributed by atoms with Crippen LogP contribution in [0.5, 0.6) is 0 Å². The van der Waals surface area contributed by atoms with Crippen LogP contribution in [0.4, 0.5) is 0 Å². The number of amides is 1. The summed E-state index contributed by atoms with van der Waals surface area (Å²) in [5.41, 5.74) is 2.63. The van der Waals surface area contributed by atoms with Crippen molar-refractivity contribution in [2.45, 2.75) is 39.3 Å². The van der Waals surface area contributed by atoms with Gasteiger partial charge in [0.25, 0.3) is 5.91 Å². The highest BCUT2D eigenvalue weighted by Gasteiger charge is 2.20. The molecule has 1 aromatic rings. The first-order chi connectivity index (χ1) is 8.45. The molecule has 1 aromatic carbocycles. The predicted molar refractivity (Wildman–Crippen MR) is 74.7 cm³/mol. The first kappa shape index (κ1) is 14.7. The highest BCUT2D eigenvalue weighted by Crippen LogP contribution is 2.14. The Morgan fingerprint density at radius 2 is 1.78 bits per heavy atom. The molecule has 1 unspecified atom stereocenters. The van der Waals surface area contributed by atoms with Crippen molar-refractivity contribution < 1.29 is 9.69 Å². The molecule has 0 spiro atoms. The van der Waals surface area contributed by atoms with Gasteiger partial charge in [-0.3, -0.25) is 4.79 Å². The van der Waals surface area contributed by atoms with E-state index in [1.165, 1.54) is 16.0 Å². The third-order valence-corrected chi connectivity index (χ3v) is 3.51. The average Bonchev–Trinajstić information content (AvgIpc) is 2.37. The number of rotatable bonds is 5. The summed E-state index contributed by atoms with van der Waals surface area (Å²) in [6, 6.07) is 8.65. The van der Waals surface area contributed by atoms with E-state index in [2.05, 4.69) is 50.5 Å². The summed E-state index contributed by atoms with van der Waals surface area (Å²) in [5, 5.41) is 2.70. The number of nitrogens with one attached hydrogen (secondary N) is 2. The molecule has 0 aliphatic carbocycles. The fraction of sp³-hybridized carbons (Fsp3) is 0.533. The van der Waals surface area contributed by atoms with Crippen molar-refractivity contribution in [1.29, 1.82) is 0 Å². The van der Waals surface area contributed by atoms with Gasteiger partial charge in [0.2, 0.25) is 0 Å². The fourth-order valence-electron chi connectivity index (χ4n) is 1.94. The van der Waals surface area contributed by atoms with E-state index in [0.29, 0.717) is 5.92 Å². The molecule has 0 aliphatic rings. The third-order valence-electron chi connectivity index (χ3n) is 3.51. The molecule has 2 atom stereocenters. The summed E-state index contributed by atoms with van der Waals surface area (Å²) in [6.45, 7) is 7.21. The van der Waals surface area contributed by atoms with Gasteiger partial charge in [0.1, 0.15) is 6.54 Å². The number of carbonyl (C=O) groups is 1. The minimum atomic E-state index is -0.0280. The molecule has 100 valence electrons. The second-order valence-electron chi connectivity index (χ2n) is 5.26. The standard InChI is InChI=1S/C15H24N2O/c1-11(2)14-8-6-13(7-9-14)10-17(5)12(3)15(18)16-4/h6-9,11-12H,10H2,1-5H3,(H,16,18)/p+1/t12-/m0/s1. The van der Waals surface area contributed by atoms with Crippen molar-refractivity contribution in [3.63, 3.8) is 0 Å². The van der Waals surface area contributed by atoms with E-state index in [-0.39, 0.29) is 11.9 Å². The maximum Gasteiger partial charge on any atom is 0.277 e. The maximum atomic E-state index is 11.6. The molecule has 1 rings (SSSR count). The molecule has 2 N–H and O–H groups in total. The second-order valence-corrected chi connectivity index (χ2v) is 5.26. The van der Waals surface area contributed by atoms with Crippen LogP contribution < -0.4 is 10.2 Å². The predicted octanol–water partition coefficient (Wildman–Crippen LogP) is 0.959. The van der Waals surface area contributed by atoms with E-state index in [1.807, 2.05) is 6.92 Å². The monoisotopic (exact) mass is 249 g/mol. The maximum absolute atomic E-state index is 11.6. The number of carbonyl (C=O) groups excluding carboxylic acids is 1. The van der Waals surface area contributed by atoms with Gasteiger partial charge in [-0.25, -0.2) is 0 Å². The molecule has 0 saturated heterocycles. The molecular weight excluding hydrogens is 224 g/mol. The summed E-state index contributed by atoms with van der Waals surface area (Å²) in [7, 11) is 3.74. The van der Waals surface area contributed by atoms with Crippen LogP contribution in [0, 0.1) is 0 Å². The van der Waals surface area contributed by atoms with Crippen LogP contribution in [0.15, 0.2) is 24.3 Å². The number of quaternary nitrogens is 1. The molecule has 0 radical (unpaired) electrons. The Kier molecular flexibility index (Phi) is 5.35. The smallest absolute Gasteiger partial charge is 0.277 e. The molecule has 0 fully saturated rings. The number of hydrogen-bond donors (Lipinski definition) is 2. The molecule has 0 bridgehead atoms. The molecule has 0 heterocycles. The topological polar surface area (TPSA) is 33.5 Å². The van der Waals surface area contributed by atoms with Crippen LogP contribution in [0.1, 0.15) is 37.8 Å². The summed E-state index contributed by atoms with van der Waals surface area (Å²) in [6.07, 6.45) is 0. The molecule has 3 nitrogen and oxygen atoms in total. The van der Waals surface area contributed by atoms with Crippen molar-refractivity contribution in [2.24, 2.45) is 0 Å². The van der Waals surface area contributed by atoms with Crippen molar-refractivity contribution in [2.75, 3.05) is 14.1 Å². The summed E-state index contributed by atoms with van der Waals surface area (Å²) in [5.74, 6) is 0.653. The number of likely N-dealkylation sites (N-methyl/N-ethyl adjacent to an activating group) is 2. The Labute approximate surface area is 110 Å². The quantitative estimate of drug-likeness (QED) is 0.801. The highest BCUT2D eigenvalue weighted by molar-refractivity contribution is 5.79. The number of hydrogen-bond acceptors (Lipinski definition) is 1. The molecule has 1 amide bonds. The van der Waals surface area contributed by atoms with Crippen molar-refractivity contribution in [3.05, 3.63) is 35.4 Å². The second kappa shape index (κ2) is 6.55. The Balaban J connectivity index is 2.64. The molecule has 3 heteroatoms. The van der Waals surface area contributed by atoms with E-state index in [0.717, 1.165) is 6.54 Å². The van der Waals surface area contributed by atoms with Crippen LogP contribution in [0.25, 0.3) is 0 Å². The van der Waals surface area contributed by atoms with Crippen molar-refractivity contribution >= 4 is 5.91 Å². The number of benzene rings is 1. The molecule has 0 aromatic heterocycles. The average molecular weight is 249 g/mol. The van der Waals surface area contributed by atoms with Gasteiger partial charge in [0, 0.05) is 12.6 Å². The van der Waals surface area contributed by atoms with Crippen molar-refractivity contribution in [3.8, 4) is 0 Å². The minimum Gasteiger partial charge on any atom is -0.354 e. The zero-order valence-corrected chi connectivity index (χ0v) is 12.1. The first-order valence-corrected chi connectivity index (χ1v) is 6.58. The lowest BCUT2D eigenvalue weighted by atomic mass is 10.0. The minimum absolute atomic E-state index is 0.0280. The van der Waals surface area contributed by atoms with Gasteiger partial charge in [0.05, 0.1) is 7.05 Å². The van der Waals surface area contributed by atoms with Crippen molar-refractivity contribution in [1.82, 2.24) is 5.32 Å². The van der Waals surface area contributed by atoms with E-state index in [4.69, 9.17) is 0 Å². The zero-order chi connectivity index (χ0) is 13.7. The van der Waals surface area contributed by atoms with Gasteiger partial charge in [-0.2, -0.15) is 0 Å². The zero-order valence-electron chi connectivity index (χ0n) is 12.1. The van der Waals surface area contributed by atoms with E-state index in [1.54, 1.807) is 7.05 Å². The Morgan fingerprint density at radius 3 is 2.22 bits per heavy atom. The fourth-order valence-corrected chi connectivity index (χ4v) is 1.94. The van der Waals surface area contributed by atoms with Gasteiger partial charge in [-0.1, -0.05) is 38.1 Å². The largest absolute Gasteiger partial charge is 0.354 e. The third kappa shape index (κ3) is 3.84. The SMILES string of the molecule is CNC(=O)[C@H](C)[NH+](C)Cc1ccc(C(C)C)cc1.